The van der Waals surface area contributed by atoms with Crippen LogP contribution >= 0.6 is 11.8 Å². The zero-order valence-electron chi connectivity index (χ0n) is 12.4. The van der Waals surface area contributed by atoms with E-state index in [1.165, 1.54) is 6.34 Å². The number of hydrogen-bond acceptors (Lipinski definition) is 8. The van der Waals surface area contributed by atoms with Crippen LogP contribution in [0.2, 0.25) is 0 Å². The molecule has 3 rings (SSSR count). The van der Waals surface area contributed by atoms with E-state index in [1.54, 1.807) is 11.8 Å². The Morgan fingerprint density at radius 3 is 2.52 bits per heavy atom. The summed E-state index contributed by atoms with van der Waals surface area (Å²) in [7, 11) is 0. The third-order valence-electron chi connectivity index (χ3n) is 3.52. The highest BCUT2D eigenvalue weighted by molar-refractivity contribution is 8.26. The van der Waals surface area contributed by atoms with Gasteiger partial charge in [-0.2, -0.15) is 0 Å². The van der Waals surface area contributed by atoms with Crippen molar-refractivity contribution in [2.45, 2.75) is 26.1 Å². The summed E-state index contributed by atoms with van der Waals surface area (Å²) in [5.41, 5.74) is 0. The number of morpholine rings is 2. The van der Waals surface area contributed by atoms with Crippen molar-refractivity contribution >= 4 is 28.4 Å². The van der Waals surface area contributed by atoms with E-state index in [9.17, 15) is 0 Å². The van der Waals surface area contributed by atoms with E-state index in [2.05, 4.69) is 38.8 Å². The van der Waals surface area contributed by atoms with Crippen molar-refractivity contribution in [1.82, 2.24) is 9.80 Å². The second-order valence-electron chi connectivity index (χ2n) is 5.39. The van der Waals surface area contributed by atoms with Gasteiger partial charge in [0.15, 0.2) is 10.3 Å². The van der Waals surface area contributed by atoms with Crippen molar-refractivity contribution in [2.75, 3.05) is 39.4 Å². The number of amidine groups is 2. The van der Waals surface area contributed by atoms with Gasteiger partial charge in [0.25, 0.3) is 0 Å². The first kappa shape index (κ1) is 14.8. The number of aliphatic imine (C=N–C) groups is 1. The summed E-state index contributed by atoms with van der Waals surface area (Å²) in [6, 6.07) is 0. The van der Waals surface area contributed by atoms with Crippen LogP contribution in [0.25, 0.3) is 0 Å². The second-order valence-corrected chi connectivity index (χ2v) is 6.32. The molecule has 3 aliphatic rings. The van der Waals surface area contributed by atoms with Crippen molar-refractivity contribution in [1.29, 1.82) is 0 Å². The molecule has 0 radical (unpaired) electrons. The van der Waals surface area contributed by atoms with Crippen LogP contribution in [0.15, 0.2) is 15.2 Å². The van der Waals surface area contributed by atoms with Crippen LogP contribution < -0.4 is 0 Å². The monoisotopic (exact) mass is 311 g/mol. The highest BCUT2D eigenvalue weighted by Gasteiger charge is 2.28. The Morgan fingerprint density at radius 2 is 1.81 bits per heavy atom. The quantitative estimate of drug-likeness (QED) is 0.663. The van der Waals surface area contributed by atoms with E-state index >= 15 is 0 Å². The lowest BCUT2D eigenvalue weighted by molar-refractivity contribution is -0.0472. The maximum atomic E-state index is 5.78. The van der Waals surface area contributed by atoms with Gasteiger partial charge in [-0.25, -0.2) is 4.99 Å². The highest BCUT2D eigenvalue weighted by Crippen LogP contribution is 2.21. The van der Waals surface area contributed by atoms with Gasteiger partial charge >= 0.3 is 0 Å². The van der Waals surface area contributed by atoms with Gasteiger partial charge in [-0.15, -0.1) is 10.2 Å². The molecular formula is C13H21N5O2S. The molecule has 2 atom stereocenters. The summed E-state index contributed by atoms with van der Waals surface area (Å²) in [5.74, 6) is 0. The fourth-order valence-electron chi connectivity index (χ4n) is 2.64. The molecule has 8 heteroatoms. The van der Waals surface area contributed by atoms with Gasteiger partial charge in [0.2, 0.25) is 0 Å². The standard InChI is InChI=1S/C13H21N5O2S/c1-10-7-18(8-11(2)20-10)13-16-15-9-14-12(21-13)17-3-5-19-6-4-17/h9-11H,3-8H2,1-2H3/t10-,11+. The molecule has 0 aromatic rings. The second kappa shape index (κ2) is 6.76. The maximum absolute atomic E-state index is 5.78. The van der Waals surface area contributed by atoms with Crippen LogP contribution in [-0.2, 0) is 9.47 Å². The minimum absolute atomic E-state index is 0.202. The lowest BCUT2D eigenvalue weighted by Crippen LogP contribution is -2.48. The normalized spacial score (nSPS) is 30.8. The molecular weight excluding hydrogens is 290 g/mol. The molecule has 0 aromatic carbocycles. The van der Waals surface area contributed by atoms with E-state index in [-0.39, 0.29) is 12.2 Å². The van der Waals surface area contributed by atoms with E-state index in [0.29, 0.717) is 0 Å². The lowest BCUT2D eigenvalue weighted by Gasteiger charge is -2.37. The predicted molar refractivity (Wildman–Crippen MR) is 84.9 cm³/mol. The SMILES string of the molecule is C[C@@H]1CN(C2=NN=CN=C(N3CCOCC3)S2)C[C@H](C)O1. The zero-order chi connectivity index (χ0) is 14.7. The fraction of sp³-hybridized carbons (Fsp3) is 0.769. The van der Waals surface area contributed by atoms with Crippen LogP contribution in [0.3, 0.4) is 0 Å². The minimum Gasteiger partial charge on any atom is -0.378 e. The Balaban J connectivity index is 1.70. The minimum atomic E-state index is 0.202. The molecule has 0 aliphatic carbocycles. The molecule has 0 aromatic heterocycles. The third kappa shape index (κ3) is 3.75. The molecule has 0 unspecified atom stereocenters. The summed E-state index contributed by atoms with van der Waals surface area (Å²) in [6.45, 7) is 9.06. The summed E-state index contributed by atoms with van der Waals surface area (Å²) in [4.78, 5) is 8.88. The van der Waals surface area contributed by atoms with Crippen molar-refractivity contribution in [3.05, 3.63) is 0 Å². The molecule has 0 bridgehead atoms. The topological polar surface area (TPSA) is 62.0 Å². The molecule has 0 saturated carbocycles. The summed E-state index contributed by atoms with van der Waals surface area (Å²) >= 11 is 1.59. The highest BCUT2D eigenvalue weighted by atomic mass is 32.2. The average molecular weight is 311 g/mol. The fourth-order valence-corrected chi connectivity index (χ4v) is 3.58. The van der Waals surface area contributed by atoms with E-state index in [4.69, 9.17) is 9.47 Å². The number of ether oxygens (including phenoxy) is 2. The Morgan fingerprint density at radius 1 is 1.10 bits per heavy atom. The Hall–Kier alpha value is -1.12. The van der Waals surface area contributed by atoms with E-state index in [1.807, 2.05) is 0 Å². The summed E-state index contributed by atoms with van der Waals surface area (Å²) in [5, 5.41) is 10.2. The smallest absolute Gasteiger partial charge is 0.193 e. The number of rotatable bonds is 0. The van der Waals surface area contributed by atoms with Crippen molar-refractivity contribution < 1.29 is 9.47 Å². The van der Waals surface area contributed by atoms with Gasteiger partial charge in [-0.3, -0.25) is 0 Å². The van der Waals surface area contributed by atoms with Gasteiger partial charge in [-0.1, -0.05) is 0 Å². The van der Waals surface area contributed by atoms with Gasteiger partial charge < -0.3 is 19.3 Å². The predicted octanol–water partition coefficient (Wildman–Crippen LogP) is 0.830. The molecule has 21 heavy (non-hydrogen) atoms. The molecule has 3 heterocycles. The third-order valence-corrected chi connectivity index (χ3v) is 4.59. The molecule has 0 amide bonds. The molecule has 0 spiro atoms. The Kier molecular flexibility index (Phi) is 4.77. The van der Waals surface area contributed by atoms with Gasteiger partial charge in [0.05, 0.1) is 25.4 Å². The van der Waals surface area contributed by atoms with Crippen LogP contribution in [0.4, 0.5) is 0 Å². The number of thioether (sulfide) groups is 1. The van der Waals surface area contributed by atoms with Gasteiger partial charge in [0.1, 0.15) is 6.34 Å². The van der Waals surface area contributed by atoms with Crippen molar-refractivity contribution in [3.8, 4) is 0 Å². The van der Waals surface area contributed by atoms with E-state index in [0.717, 1.165) is 49.7 Å². The van der Waals surface area contributed by atoms with Gasteiger partial charge in [0, 0.05) is 26.2 Å². The van der Waals surface area contributed by atoms with Crippen LogP contribution in [0.1, 0.15) is 13.8 Å². The first-order chi connectivity index (χ1) is 10.2. The summed E-state index contributed by atoms with van der Waals surface area (Å²) < 4.78 is 11.2. The Bertz CT molecular complexity index is 451. The van der Waals surface area contributed by atoms with Crippen LogP contribution in [0.5, 0.6) is 0 Å². The van der Waals surface area contributed by atoms with Crippen LogP contribution in [-0.4, -0.2) is 78.1 Å². The average Bonchev–Trinajstić information content (AvgIpc) is 2.73. The van der Waals surface area contributed by atoms with Crippen molar-refractivity contribution in [3.63, 3.8) is 0 Å². The zero-order valence-corrected chi connectivity index (χ0v) is 13.3. The first-order valence-corrected chi connectivity index (χ1v) is 8.12. The number of hydrogen-bond donors (Lipinski definition) is 0. The summed E-state index contributed by atoms with van der Waals surface area (Å²) in [6.07, 6.45) is 1.93. The van der Waals surface area contributed by atoms with Crippen molar-refractivity contribution in [2.24, 2.45) is 15.2 Å². The van der Waals surface area contributed by atoms with E-state index < -0.39 is 0 Å². The number of nitrogens with zero attached hydrogens (tertiary/aromatic N) is 5. The lowest BCUT2D eigenvalue weighted by atomic mass is 10.2. The first-order valence-electron chi connectivity index (χ1n) is 7.30. The maximum Gasteiger partial charge on any atom is 0.193 e. The molecule has 2 saturated heterocycles. The Labute approximate surface area is 129 Å². The molecule has 7 nitrogen and oxygen atoms in total. The molecule has 3 aliphatic heterocycles. The largest absolute Gasteiger partial charge is 0.378 e. The molecule has 0 N–H and O–H groups in total. The van der Waals surface area contributed by atoms with Crippen LogP contribution in [0, 0.1) is 0 Å². The van der Waals surface area contributed by atoms with Gasteiger partial charge in [-0.05, 0) is 25.6 Å². The molecule has 2 fully saturated rings. The molecule has 116 valence electrons.